The highest BCUT2D eigenvalue weighted by Crippen LogP contribution is 2.18. The molecule has 1 atom stereocenters. The molecule has 1 unspecified atom stereocenters. The Hall–Kier alpha value is -3.81. The fourth-order valence-corrected chi connectivity index (χ4v) is 3.24. The van der Waals surface area contributed by atoms with Crippen molar-refractivity contribution in [2.45, 2.75) is 39.2 Å². The molecule has 0 saturated heterocycles. The molecule has 2 aromatic heterocycles. The second-order valence-electron chi connectivity index (χ2n) is 7.28. The fraction of sp³-hybridized carbons (Fsp3) is 0.261. The molecule has 31 heavy (non-hydrogen) atoms. The lowest BCUT2D eigenvalue weighted by Gasteiger charge is -2.14. The minimum atomic E-state index is -0.118. The van der Waals surface area contributed by atoms with Gasteiger partial charge in [0, 0.05) is 18.4 Å². The molecule has 4 aromatic rings. The van der Waals surface area contributed by atoms with Gasteiger partial charge in [-0.25, -0.2) is 9.67 Å². The molecule has 0 saturated carbocycles. The van der Waals surface area contributed by atoms with Crippen LogP contribution in [0.1, 0.15) is 43.3 Å². The molecule has 8 heteroatoms. The molecule has 0 aliphatic rings. The maximum Gasteiger partial charge on any atom is 0.227 e. The van der Waals surface area contributed by atoms with Gasteiger partial charge >= 0.3 is 0 Å². The summed E-state index contributed by atoms with van der Waals surface area (Å²) in [5, 5.41) is 11.1. The second kappa shape index (κ2) is 9.34. The summed E-state index contributed by atoms with van der Waals surface area (Å²) in [7, 11) is 0. The van der Waals surface area contributed by atoms with E-state index in [1.807, 2.05) is 43.3 Å². The third-order valence-electron chi connectivity index (χ3n) is 5.11. The van der Waals surface area contributed by atoms with Gasteiger partial charge in [-0.1, -0.05) is 48.5 Å². The normalized spacial score (nSPS) is 11.9. The molecule has 2 aromatic carbocycles. The summed E-state index contributed by atoms with van der Waals surface area (Å²) in [5.41, 5.74) is 4.08. The zero-order valence-corrected chi connectivity index (χ0v) is 17.5. The summed E-state index contributed by atoms with van der Waals surface area (Å²) in [6, 6.07) is 15.8. The van der Waals surface area contributed by atoms with Crippen LogP contribution in [0.15, 0.2) is 65.7 Å². The molecule has 0 bridgehead atoms. The van der Waals surface area contributed by atoms with Crippen molar-refractivity contribution in [3.63, 3.8) is 0 Å². The van der Waals surface area contributed by atoms with E-state index in [-0.39, 0.29) is 18.4 Å². The van der Waals surface area contributed by atoms with E-state index in [0.717, 1.165) is 23.2 Å². The Morgan fingerprint density at radius 3 is 2.58 bits per heavy atom. The van der Waals surface area contributed by atoms with E-state index < -0.39 is 0 Å². The number of carbonyl (C=O) groups is 1. The highest BCUT2D eigenvalue weighted by Gasteiger charge is 2.13. The lowest BCUT2D eigenvalue weighted by Crippen LogP contribution is -2.26. The van der Waals surface area contributed by atoms with Crippen molar-refractivity contribution in [2.75, 3.05) is 0 Å². The smallest absolute Gasteiger partial charge is 0.227 e. The standard InChI is InChI=1S/C23H24N6O2/c1-3-17-4-6-19(7-5-17)23-27-22(31-28-23)13-12-21(30)26-16(2)18-8-10-20(11-9-18)29-15-24-14-25-29/h4-11,14-16H,3,12-13H2,1-2H3,(H,26,30). The predicted octanol–water partition coefficient (Wildman–Crippen LogP) is 3.69. The zero-order chi connectivity index (χ0) is 21.6. The third-order valence-corrected chi connectivity index (χ3v) is 5.11. The van der Waals surface area contributed by atoms with Crippen LogP contribution in [0.25, 0.3) is 17.1 Å². The van der Waals surface area contributed by atoms with E-state index in [0.29, 0.717) is 18.1 Å². The molecule has 8 nitrogen and oxygen atoms in total. The fourth-order valence-electron chi connectivity index (χ4n) is 3.24. The number of rotatable bonds is 8. The largest absolute Gasteiger partial charge is 0.350 e. The minimum Gasteiger partial charge on any atom is -0.350 e. The van der Waals surface area contributed by atoms with Crippen LogP contribution in [0.5, 0.6) is 0 Å². The Morgan fingerprint density at radius 1 is 1.13 bits per heavy atom. The maximum atomic E-state index is 12.4. The van der Waals surface area contributed by atoms with E-state index >= 15 is 0 Å². The summed E-state index contributed by atoms with van der Waals surface area (Å²) >= 11 is 0. The molecular weight excluding hydrogens is 392 g/mol. The molecule has 158 valence electrons. The highest BCUT2D eigenvalue weighted by atomic mass is 16.5. The van der Waals surface area contributed by atoms with Crippen molar-refractivity contribution in [1.29, 1.82) is 0 Å². The average Bonchev–Trinajstić information content (AvgIpc) is 3.50. The first-order valence-electron chi connectivity index (χ1n) is 10.3. The van der Waals surface area contributed by atoms with Gasteiger partial charge in [-0.3, -0.25) is 4.79 Å². The first kappa shape index (κ1) is 20.5. The topological polar surface area (TPSA) is 98.7 Å². The van der Waals surface area contributed by atoms with Crippen molar-refractivity contribution in [1.82, 2.24) is 30.2 Å². The van der Waals surface area contributed by atoms with Crippen molar-refractivity contribution in [3.8, 4) is 17.1 Å². The highest BCUT2D eigenvalue weighted by molar-refractivity contribution is 5.76. The Balaban J connectivity index is 1.29. The van der Waals surface area contributed by atoms with Crippen LogP contribution in [0, 0.1) is 0 Å². The van der Waals surface area contributed by atoms with Gasteiger partial charge in [-0.15, -0.1) is 0 Å². The number of hydrogen-bond acceptors (Lipinski definition) is 6. The van der Waals surface area contributed by atoms with Gasteiger partial charge in [0.1, 0.15) is 12.7 Å². The van der Waals surface area contributed by atoms with Gasteiger partial charge in [-0.05, 0) is 36.6 Å². The molecule has 4 rings (SSSR count). The molecule has 1 N–H and O–H groups in total. The SMILES string of the molecule is CCc1ccc(-c2noc(CCC(=O)NC(C)c3ccc(-n4cncn4)cc3)n2)cc1. The molecule has 0 spiro atoms. The van der Waals surface area contributed by atoms with Crippen LogP contribution in [0.4, 0.5) is 0 Å². The second-order valence-corrected chi connectivity index (χ2v) is 7.28. The third kappa shape index (κ3) is 5.03. The maximum absolute atomic E-state index is 12.4. The minimum absolute atomic E-state index is 0.0695. The monoisotopic (exact) mass is 416 g/mol. The number of hydrogen-bond donors (Lipinski definition) is 1. The van der Waals surface area contributed by atoms with E-state index in [1.54, 1.807) is 11.0 Å². The summed E-state index contributed by atoms with van der Waals surface area (Å²) in [5.74, 6) is 0.924. The van der Waals surface area contributed by atoms with Crippen LogP contribution in [0.3, 0.4) is 0 Å². The van der Waals surface area contributed by atoms with Crippen LogP contribution in [-0.2, 0) is 17.6 Å². The van der Waals surface area contributed by atoms with Crippen LogP contribution in [-0.4, -0.2) is 30.8 Å². The van der Waals surface area contributed by atoms with Crippen molar-refractivity contribution in [2.24, 2.45) is 0 Å². The van der Waals surface area contributed by atoms with E-state index in [2.05, 4.69) is 44.6 Å². The van der Waals surface area contributed by atoms with Gasteiger partial charge in [0.2, 0.25) is 17.6 Å². The van der Waals surface area contributed by atoms with Gasteiger partial charge < -0.3 is 9.84 Å². The van der Waals surface area contributed by atoms with Gasteiger partial charge in [0.15, 0.2) is 0 Å². The number of nitrogens with zero attached hydrogens (tertiary/aromatic N) is 5. The van der Waals surface area contributed by atoms with Crippen LogP contribution < -0.4 is 5.32 Å². The molecule has 0 aliphatic heterocycles. The van der Waals surface area contributed by atoms with Gasteiger partial charge in [0.25, 0.3) is 0 Å². The Bertz CT molecular complexity index is 1120. The Morgan fingerprint density at radius 2 is 1.90 bits per heavy atom. The number of benzene rings is 2. The number of carbonyl (C=O) groups excluding carboxylic acids is 1. The quantitative estimate of drug-likeness (QED) is 0.470. The first-order chi connectivity index (χ1) is 15.1. The zero-order valence-electron chi connectivity index (χ0n) is 17.5. The summed E-state index contributed by atoms with van der Waals surface area (Å²) < 4.78 is 6.99. The lowest BCUT2D eigenvalue weighted by molar-refractivity contribution is -0.121. The van der Waals surface area contributed by atoms with Crippen molar-refractivity contribution >= 4 is 5.91 Å². The summed E-state index contributed by atoms with van der Waals surface area (Å²) in [6.07, 6.45) is 4.79. The van der Waals surface area contributed by atoms with Crippen LogP contribution in [0.2, 0.25) is 0 Å². The molecule has 2 heterocycles. The Labute approximate surface area is 180 Å². The number of aromatic nitrogens is 5. The Kier molecular flexibility index (Phi) is 6.16. The summed E-state index contributed by atoms with van der Waals surface area (Å²) in [6.45, 7) is 4.06. The number of amides is 1. The number of aryl methyl sites for hydroxylation is 2. The van der Waals surface area contributed by atoms with Gasteiger partial charge in [-0.2, -0.15) is 10.1 Å². The molecular formula is C23H24N6O2. The molecule has 1 amide bonds. The molecule has 0 radical (unpaired) electrons. The average molecular weight is 416 g/mol. The molecule has 0 aliphatic carbocycles. The molecule has 0 fully saturated rings. The van der Waals surface area contributed by atoms with Crippen LogP contribution >= 0.6 is 0 Å². The number of nitrogens with one attached hydrogen (secondary N) is 1. The van der Waals surface area contributed by atoms with E-state index in [1.165, 1.54) is 11.9 Å². The predicted molar refractivity (Wildman–Crippen MR) is 115 cm³/mol. The van der Waals surface area contributed by atoms with Crippen molar-refractivity contribution in [3.05, 3.63) is 78.2 Å². The first-order valence-corrected chi connectivity index (χ1v) is 10.3. The van der Waals surface area contributed by atoms with Gasteiger partial charge in [0.05, 0.1) is 11.7 Å². The van der Waals surface area contributed by atoms with Crippen molar-refractivity contribution < 1.29 is 9.32 Å². The van der Waals surface area contributed by atoms with E-state index in [4.69, 9.17) is 4.52 Å². The lowest BCUT2D eigenvalue weighted by atomic mass is 10.1. The summed E-state index contributed by atoms with van der Waals surface area (Å²) in [4.78, 5) is 20.7. The van der Waals surface area contributed by atoms with E-state index in [9.17, 15) is 4.79 Å².